The monoisotopic (exact) mass is 483 g/mol. The van der Waals surface area contributed by atoms with Gasteiger partial charge in [-0.05, 0) is 42.0 Å². The third-order valence-electron chi connectivity index (χ3n) is 6.21. The number of nitrogens with zero attached hydrogens (tertiary/aromatic N) is 4. The van der Waals surface area contributed by atoms with Gasteiger partial charge in [0.2, 0.25) is 11.8 Å². The van der Waals surface area contributed by atoms with Gasteiger partial charge in [0.1, 0.15) is 18.1 Å². The quantitative estimate of drug-likeness (QED) is 0.343. The maximum absolute atomic E-state index is 13.8. The Morgan fingerprint density at radius 2 is 1.58 bits per heavy atom. The first-order valence-electron chi connectivity index (χ1n) is 12.5. The number of nitrogens with one attached hydrogen (secondary N) is 1. The lowest BCUT2D eigenvalue weighted by molar-refractivity contribution is -0.141. The van der Waals surface area contributed by atoms with Gasteiger partial charge in [-0.2, -0.15) is 0 Å². The topological polar surface area (TPSA) is 80.1 Å². The summed E-state index contributed by atoms with van der Waals surface area (Å²) in [5.41, 5.74) is 3.40. The van der Waals surface area contributed by atoms with Crippen molar-refractivity contribution in [2.45, 2.75) is 39.3 Å². The van der Waals surface area contributed by atoms with E-state index in [0.29, 0.717) is 25.4 Å². The third-order valence-corrected chi connectivity index (χ3v) is 6.21. The highest BCUT2D eigenvalue weighted by atomic mass is 16.2. The number of amides is 2. The van der Waals surface area contributed by atoms with Crippen LogP contribution >= 0.6 is 0 Å². The highest BCUT2D eigenvalue weighted by Crippen LogP contribution is 2.23. The third kappa shape index (κ3) is 6.36. The number of hydrogen-bond donors (Lipinski definition) is 1. The average Bonchev–Trinajstić information content (AvgIpc) is 3.30. The summed E-state index contributed by atoms with van der Waals surface area (Å²) >= 11 is 0. The maximum Gasteiger partial charge on any atom is 0.247 e. The minimum absolute atomic E-state index is 0.00207. The first-order chi connectivity index (χ1) is 17.5. The molecule has 1 aromatic heterocycles. The molecule has 0 spiro atoms. The largest absolute Gasteiger partial charge is 0.354 e. The van der Waals surface area contributed by atoms with Crippen LogP contribution in [-0.4, -0.2) is 44.8 Å². The van der Waals surface area contributed by atoms with Crippen molar-refractivity contribution in [3.05, 3.63) is 96.1 Å². The molecule has 36 heavy (non-hydrogen) atoms. The highest BCUT2D eigenvalue weighted by molar-refractivity contribution is 5.89. The Labute approximate surface area is 212 Å². The number of carbonyl (C=O) groups is 2. The molecule has 0 aliphatic rings. The van der Waals surface area contributed by atoms with Crippen molar-refractivity contribution >= 4 is 22.8 Å². The second kappa shape index (κ2) is 12.1. The van der Waals surface area contributed by atoms with Gasteiger partial charge in [0, 0.05) is 13.1 Å². The van der Waals surface area contributed by atoms with Crippen LogP contribution in [0.4, 0.5) is 0 Å². The van der Waals surface area contributed by atoms with Crippen molar-refractivity contribution in [3.8, 4) is 0 Å². The first kappa shape index (κ1) is 25.1. The zero-order valence-corrected chi connectivity index (χ0v) is 20.9. The zero-order chi connectivity index (χ0) is 25.3. The van der Waals surface area contributed by atoms with E-state index in [1.807, 2.05) is 84.9 Å². The number of para-hydroxylation sites is 1. The van der Waals surface area contributed by atoms with Crippen LogP contribution in [0.1, 0.15) is 37.4 Å². The molecule has 0 aliphatic heterocycles. The lowest BCUT2D eigenvalue weighted by Crippen LogP contribution is -2.46. The first-order valence-corrected chi connectivity index (χ1v) is 12.5. The van der Waals surface area contributed by atoms with Gasteiger partial charge in [-0.15, -0.1) is 5.10 Å². The molecule has 7 nitrogen and oxygen atoms in total. The Morgan fingerprint density at radius 1 is 0.917 bits per heavy atom. The van der Waals surface area contributed by atoms with Crippen LogP contribution in [0.5, 0.6) is 0 Å². The van der Waals surface area contributed by atoms with Crippen LogP contribution in [0.25, 0.3) is 11.0 Å². The minimum atomic E-state index is -0.746. The maximum atomic E-state index is 13.8. The molecule has 0 bridgehead atoms. The van der Waals surface area contributed by atoms with Crippen molar-refractivity contribution in [2.24, 2.45) is 5.92 Å². The number of benzene rings is 3. The molecule has 0 aliphatic carbocycles. The van der Waals surface area contributed by atoms with Crippen LogP contribution < -0.4 is 5.32 Å². The van der Waals surface area contributed by atoms with Gasteiger partial charge in [-0.1, -0.05) is 91.9 Å². The molecule has 2 amide bonds. The van der Waals surface area contributed by atoms with E-state index in [9.17, 15) is 9.59 Å². The predicted molar refractivity (Wildman–Crippen MR) is 141 cm³/mol. The number of rotatable bonds is 11. The summed E-state index contributed by atoms with van der Waals surface area (Å²) in [4.78, 5) is 29.1. The van der Waals surface area contributed by atoms with Crippen LogP contribution in [-0.2, 0) is 22.6 Å². The van der Waals surface area contributed by atoms with E-state index in [4.69, 9.17) is 0 Å². The average molecular weight is 484 g/mol. The molecule has 7 heteroatoms. The Hall–Kier alpha value is -4.00. The lowest BCUT2D eigenvalue weighted by Gasteiger charge is -2.31. The van der Waals surface area contributed by atoms with Crippen molar-refractivity contribution in [1.29, 1.82) is 0 Å². The Morgan fingerprint density at radius 3 is 2.31 bits per heavy atom. The fraction of sp³-hybridized carbons (Fsp3) is 0.310. The van der Waals surface area contributed by atoms with E-state index in [2.05, 4.69) is 29.5 Å². The molecule has 0 radical (unpaired) electrons. The van der Waals surface area contributed by atoms with Gasteiger partial charge in [-0.25, -0.2) is 4.68 Å². The van der Waals surface area contributed by atoms with Crippen LogP contribution in [0.15, 0.2) is 84.9 Å². The summed E-state index contributed by atoms with van der Waals surface area (Å²) in [5.74, 6) is 0.109. The molecule has 3 aromatic carbocycles. The molecule has 4 rings (SSSR count). The molecular weight excluding hydrogens is 450 g/mol. The zero-order valence-electron chi connectivity index (χ0n) is 20.9. The normalized spacial score (nSPS) is 12.0. The van der Waals surface area contributed by atoms with E-state index < -0.39 is 6.04 Å². The second-order valence-corrected chi connectivity index (χ2v) is 9.35. The van der Waals surface area contributed by atoms with Gasteiger partial charge in [0.05, 0.1) is 5.52 Å². The van der Waals surface area contributed by atoms with Crippen LogP contribution in [0, 0.1) is 5.92 Å². The number of hydrogen-bond acceptors (Lipinski definition) is 4. The molecule has 1 heterocycles. The Kier molecular flexibility index (Phi) is 8.44. The van der Waals surface area contributed by atoms with Crippen molar-refractivity contribution in [2.75, 3.05) is 13.1 Å². The van der Waals surface area contributed by atoms with Crippen molar-refractivity contribution in [3.63, 3.8) is 0 Å². The van der Waals surface area contributed by atoms with E-state index in [1.165, 1.54) is 0 Å². The van der Waals surface area contributed by atoms with E-state index >= 15 is 0 Å². The molecule has 0 fully saturated rings. The molecule has 1 N–H and O–H groups in total. The summed E-state index contributed by atoms with van der Waals surface area (Å²) in [6.45, 7) is 5.21. The Balaban J connectivity index is 1.64. The summed E-state index contributed by atoms with van der Waals surface area (Å²) in [7, 11) is 0. The predicted octanol–water partition coefficient (Wildman–Crippen LogP) is 4.41. The second-order valence-electron chi connectivity index (χ2n) is 9.35. The summed E-state index contributed by atoms with van der Waals surface area (Å²) in [5, 5.41) is 11.5. The van der Waals surface area contributed by atoms with E-state index in [1.54, 1.807) is 9.58 Å². The highest BCUT2D eigenvalue weighted by Gasteiger charge is 2.31. The van der Waals surface area contributed by atoms with Crippen LogP contribution in [0.3, 0.4) is 0 Å². The van der Waals surface area contributed by atoms with Gasteiger partial charge in [-0.3, -0.25) is 9.59 Å². The standard InChI is InChI=1S/C29H33N5O2/c1-22(2)17-19-30-29(36)28(24-13-7-4-8-14-24)33(20-18-23-11-5-3-6-12-23)27(35)21-34-26-16-10-9-15-25(26)31-32-34/h3-16,22,28H,17-21H2,1-2H3,(H,30,36)/t28-/m1/s1. The van der Waals surface area contributed by atoms with Crippen molar-refractivity contribution < 1.29 is 9.59 Å². The summed E-state index contributed by atoms with van der Waals surface area (Å²) < 4.78 is 1.60. The molecule has 4 aromatic rings. The smallest absolute Gasteiger partial charge is 0.247 e. The lowest BCUT2D eigenvalue weighted by atomic mass is 10.0. The summed E-state index contributed by atoms with van der Waals surface area (Å²) in [6.07, 6.45) is 1.50. The fourth-order valence-electron chi connectivity index (χ4n) is 4.23. The van der Waals surface area contributed by atoms with Gasteiger partial charge in [0.15, 0.2) is 0 Å². The minimum Gasteiger partial charge on any atom is -0.354 e. The number of fused-ring (bicyclic) bond motifs is 1. The van der Waals surface area contributed by atoms with E-state index in [0.717, 1.165) is 28.6 Å². The molecule has 0 saturated carbocycles. The van der Waals surface area contributed by atoms with Crippen LogP contribution in [0.2, 0.25) is 0 Å². The molecule has 186 valence electrons. The summed E-state index contributed by atoms with van der Waals surface area (Å²) in [6, 6.07) is 26.3. The van der Waals surface area contributed by atoms with Gasteiger partial charge >= 0.3 is 0 Å². The number of carbonyl (C=O) groups excluding carboxylic acids is 2. The van der Waals surface area contributed by atoms with Crippen molar-refractivity contribution in [1.82, 2.24) is 25.2 Å². The molecule has 1 atom stereocenters. The van der Waals surface area contributed by atoms with E-state index in [-0.39, 0.29) is 18.4 Å². The molecular formula is C29H33N5O2. The van der Waals surface area contributed by atoms with Gasteiger partial charge < -0.3 is 10.2 Å². The van der Waals surface area contributed by atoms with Gasteiger partial charge in [0.25, 0.3) is 0 Å². The molecule has 0 saturated heterocycles. The number of aromatic nitrogens is 3. The fourth-order valence-corrected chi connectivity index (χ4v) is 4.23. The SMILES string of the molecule is CC(C)CCNC(=O)[C@@H](c1ccccc1)N(CCc1ccccc1)C(=O)Cn1nnc2ccccc21. The molecule has 0 unspecified atom stereocenters. The Bertz CT molecular complexity index is 1270.